The van der Waals surface area contributed by atoms with Crippen LogP contribution >= 0.6 is 0 Å². The van der Waals surface area contributed by atoms with Crippen molar-refractivity contribution >= 4 is 5.91 Å². The summed E-state index contributed by atoms with van der Waals surface area (Å²) in [5.74, 6) is 2.96. The Balaban J connectivity index is 1.40. The standard InChI is InChI=1S/C20H27NO/c1-2-14-3-5-18(6-4-14)19(22)21-13-20-10-15-7-16(11-20)9-17(8-15)12-20/h3-6,15-17H,2,7-13H2,1H3,(H,21,22). The molecule has 0 saturated heterocycles. The Morgan fingerprint density at radius 1 is 1.05 bits per heavy atom. The van der Waals surface area contributed by atoms with Crippen LogP contribution in [0.3, 0.4) is 0 Å². The number of carbonyl (C=O) groups is 1. The van der Waals surface area contributed by atoms with Crippen LogP contribution in [0.5, 0.6) is 0 Å². The molecular formula is C20H27NO. The molecule has 0 heterocycles. The fourth-order valence-corrected chi connectivity index (χ4v) is 5.77. The van der Waals surface area contributed by atoms with Crippen molar-refractivity contribution < 1.29 is 4.79 Å². The average molecular weight is 297 g/mol. The fourth-order valence-electron chi connectivity index (χ4n) is 5.77. The number of rotatable bonds is 4. The Morgan fingerprint density at radius 2 is 1.59 bits per heavy atom. The molecule has 0 aliphatic heterocycles. The lowest BCUT2D eigenvalue weighted by atomic mass is 9.49. The molecule has 1 aromatic rings. The van der Waals surface area contributed by atoms with Gasteiger partial charge in [-0.2, -0.15) is 0 Å². The van der Waals surface area contributed by atoms with Gasteiger partial charge in [0.25, 0.3) is 5.91 Å². The first-order valence-corrected chi connectivity index (χ1v) is 9.03. The predicted molar refractivity (Wildman–Crippen MR) is 88.8 cm³/mol. The van der Waals surface area contributed by atoms with E-state index in [1.807, 2.05) is 12.1 Å². The number of hydrogen-bond acceptors (Lipinski definition) is 1. The number of hydrogen-bond donors (Lipinski definition) is 1. The predicted octanol–water partition coefficient (Wildman–Crippen LogP) is 4.20. The van der Waals surface area contributed by atoms with Gasteiger partial charge in [0, 0.05) is 12.1 Å². The molecule has 2 nitrogen and oxygen atoms in total. The number of amides is 1. The molecule has 5 rings (SSSR count). The van der Waals surface area contributed by atoms with Crippen molar-refractivity contribution in [2.75, 3.05) is 6.54 Å². The van der Waals surface area contributed by atoms with E-state index in [0.717, 1.165) is 36.3 Å². The Bertz CT molecular complexity index is 524. The lowest BCUT2D eigenvalue weighted by Crippen LogP contribution is -2.51. The Hall–Kier alpha value is -1.31. The zero-order valence-corrected chi connectivity index (χ0v) is 13.6. The fraction of sp³-hybridized carbons (Fsp3) is 0.650. The largest absolute Gasteiger partial charge is 0.351 e. The maximum Gasteiger partial charge on any atom is 0.251 e. The second kappa shape index (κ2) is 5.40. The van der Waals surface area contributed by atoms with E-state index in [1.165, 1.54) is 44.1 Å². The number of aryl methyl sites for hydroxylation is 1. The van der Waals surface area contributed by atoms with Gasteiger partial charge in [-0.05, 0) is 85.8 Å². The molecule has 118 valence electrons. The SMILES string of the molecule is CCc1ccc(C(=O)NCC23CC4CC(CC(C4)C2)C3)cc1. The molecule has 4 fully saturated rings. The Kier molecular flexibility index (Phi) is 3.51. The molecule has 2 heteroatoms. The average Bonchev–Trinajstić information content (AvgIpc) is 2.51. The van der Waals surface area contributed by atoms with Gasteiger partial charge < -0.3 is 5.32 Å². The zero-order chi connectivity index (χ0) is 15.2. The highest BCUT2D eigenvalue weighted by Crippen LogP contribution is 2.59. The highest BCUT2D eigenvalue weighted by molar-refractivity contribution is 5.94. The molecule has 22 heavy (non-hydrogen) atoms. The molecule has 0 radical (unpaired) electrons. The Morgan fingerprint density at radius 3 is 2.09 bits per heavy atom. The van der Waals surface area contributed by atoms with Gasteiger partial charge in [-0.3, -0.25) is 4.79 Å². The van der Waals surface area contributed by atoms with Gasteiger partial charge in [-0.25, -0.2) is 0 Å². The van der Waals surface area contributed by atoms with E-state index in [0.29, 0.717) is 5.41 Å². The summed E-state index contributed by atoms with van der Waals surface area (Å²) in [4.78, 5) is 12.4. The minimum absolute atomic E-state index is 0.110. The third-order valence-electron chi connectivity index (χ3n) is 6.41. The quantitative estimate of drug-likeness (QED) is 0.887. The van der Waals surface area contributed by atoms with Gasteiger partial charge in [-0.1, -0.05) is 19.1 Å². The summed E-state index contributed by atoms with van der Waals surface area (Å²) in [5, 5.41) is 3.25. The maximum atomic E-state index is 12.4. The molecule has 0 atom stereocenters. The first-order chi connectivity index (χ1) is 10.7. The molecular weight excluding hydrogens is 270 g/mol. The summed E-state index contributed by atoms with van der Waals surface area (Å²) in [6.07, 6.45) is 9.48. The highest BCUT2D eigenvalue weighted by atomic mass is 16.1. The van der Waals surface area contributed by atoms with E-state index in [9.17, 15) is 4.79 Å². The first-order valence-electron chi connectivity index (χ1n) is 9.03. The van der Waals surface area contributed by atoms with E-state index < -0.39 is 0 Å². The van der Waals surface area contributed by atoms with Crippen LogP contribution in [-0.4, -0.2) is 12.5 Å². The van der Waals surface area contributed by atoms with Crippen LogP contribution in [0.1, 0.15) is 61.4 Å². The summed E-state index contributed by atoms with van der Waals surface area (Å²) in [5.41, 5.74) is 2.52. The van der Waals surface area contributed by atoms with Gasteiger partial charge in [0.15, 0.2) is 0 Å². The van der Waals surface area contributed by atoms with Crippen LogP contribution < -0.4 is 5.32 Å². The minimum Gasteiger partial charge on any atom is -0.351 e. The second-order valence-corrected chi connectivity index (χ2v) is 8.15. The van der Waals surface area contributed by atoms with Gasteiger partial charge in [0.2, 0.25) is 0 Å². The molecule has 0 unspecified atom stereocenters. The van der Waals surface area contributed by atoms with E-state index >= 15 is 0 Å². The van der Waals surface area contributed by atoms with Crippen LogP contribution in [0.4, 0.5) is 0 Å². The van der Waals surface area contributed by atoms with Crippen molar-refractivity contribution in [3.63, 3.8) is 0 Å². The second-order valence-electron chi connectivity index (χ2n) is 8.15. The third-order valence-corrected chi connectivity index (χ3v) is 6.41. The summed E-state index contributed by atoms with van der Waals surface area (Å²) in [6, 6.07) is 8.07. The van der Waals surface area contributed by atoms with E-state index in [1.54, 1.807) is 0 Å². The van der Waals surface area contributed by atoms with Crippen LogP contribution in [0.2, 0.25) is 0 Å². The van der Waals surface area contributed by atoms with Crippen LogP contribution in [-0.2, 0) is 6.42 Å². The molecule has 0 spiro atoms. The smallest absolute Gasteiger partial charge is 0.251 e. The maximum absolute atomic E-state index is 12.4. The molecule has 0 aromatic heterocycles. The number of nitrogens with one attached hydrogen (secondary N) is 1. The van der Waals surface area contributed by atoms with Gasteiger partial charge in [0.05, 0.1) is 0 Å². The zero-order valence-electron chi connectivity index (χ0n) is 13.6. The van der Waals surface area contributed by atoms with Crippen LogP contribution in [0.15, 0.2) is 24.3 Å². The van der Waals surface area contributed by atoms with E-state index in [2.05, 4.69) is 24.4 Å². The first kappa shape index (κ1) is 14.3. The highest BCUT2D eigenvalue weighted by Gasteiger charge is 2.50. The van der Waals surface area contributed by atoms with E-state index in [-0.39, 0.29) is 5.91 Å². The molecule has 4 bridgehead atoms. The van der Waals surface area contributed by atoms with Crippen molar-refractivity contribution in [1.29, 1.82) is 0 Å². The number of carbonyl (C=O) groups excluding carboxylic acids is 1. The lowest BCUT2D eigenvalue weighted by Gasteiger charge is -2.56. The summed E-state index contributed by atoms with van der Waals surface area (Å²) in [7, 11) is 0. The van der Waals surface area contributed by atoms with Crippen LogP contribution in [0, 0.1) is 23.2 Å². The Labute approximate surface area is 133 Å². The van der Waals surface area contributed by atoms with Crippen molar-refractivity contribution in [1.82, 2.24) is 5.32 Å². The number of benzene rings is 1. The molecule has 1 amide bonds. The summed E-state index contributed by atoms with van der Waals surface area (Å²) >= 11 is 0. The summed E-state index contributed by atoms with van der Waals surface area (Å²) in [6.45, 7) is 3.03. The van der Waals surface area contributed by atoms with Crippen molar-refractivity contribution in [3.05, 3.63) is 35.4 Å². The van der Waals surface area contributed by atoms with Crippen LogP contribution in [0.25, 0.3) is 0 Å². The van der Waals surface area contributed by atoms with Gasteiger partial charge >= 0.3 is 0 Å². The summed E-state index contributed by atoms with van der Waals surface area (Å²) < 4.78 is 0. The van der Waals surface area contributed by atoms with Crippen molar-refractivity contribution in [2.24, 2.45) is 23.2 Å². The molecule has 4 saturated carbocycles. The third kappa shape index (κ3) is 2.57. The molecule has 1 aromatic carbocycles. The lowest BCUT2D eigenvalue weighted by molar-refractivity contribution is -0.0503. The van der Waals surface area contributed by atoms with Crippen molar-refractivity contribution in [2.45, 2.75) is 51.9 Å². The molecule has 1 N–H and O–H groups in total. The minimum atomic E-state index is 0.110. The molecule has 4 aliphatic carbocycles. The van der Waals surface area contributed by atoms with Crippen molar-refractivity contribution in [3.8, 4) is 0 Å². The molecule has 4 aliphatic rings. The van der Waals surface area contributed by atoms with Gasteiger partial charge in [-0.15, -0.1) is 0 Å². The van der Waals surface area contributed by atoms with Gasteiger partial charge in [0.1, 0.15) is 0 Å². The topological polar surface area (TPSA) is 29.1 Å². The van der Waals surface area contributed by atoms with E-state index in [4.69, 9.17) is 0 Å². The monoisotopic (exact) mass is 297 g/mol. The normalized spacial score (nSPS) is 35.6.